The van der Waals surface area contributed by atoms with Crippen LogP contribution in [0.2, 0.25) is 4.34 Å². The van der Waals surface area contributed by atoms with Crippen LogP contribution < -0.4 is 14.8 Å². The SMILES string of the molecule is COc1ccc(OC)c(C(C)NC(=O)CCC(=O)c2ccc(Cl)s2)c1. The average Bonchev–Trinajstić information content (AvgIpc) is 3.05. The molecule has 1 atom stereocenters. The van der Waals surface area contributed by atoms with Gasteiger partial charge in [0.25, 0.3) is 0 Å². The van der Waals surface area contributed by atoms with Gasteiger partial charge in [-0.15, -0.1) is 11.3 Å². The number of methoxy groups -OCH3 is 2. The minimum Gasteiger partial charge on any atom is -0.497 e. The van der Waals surface area contributed by atoms with Gasteiger partial charge in [0.1, 0.15) is 11.5 Å². The van der Waals surface area contributed by atoms with Crippen molar-refractivity contribution in [3.63, 3.8) is 0 Å². The fourth-order valence-corrected chi connectivity index (χ4v) is 3.39. The van der Waals surface area contributed by atoms with E-state index in [4.69, 9.17) is 21.1 Å². The van der Waals surface area contributed by atoms with Crippen molar-refractivity contribution >= 4 is 34.6 Å². The number of benzene rings is 1. The Morgan fingerprint density at radius 3 is 2.52 bits per heavy atom. The zero-order valence-electron chi connectivity index (χ0n) is 14.3. The van der Waals surface area contributed by atoms with Gasteiger partial charge in [-0.1, -0.05) is 11.6 Å². The van der Waals surface area contributed by atoms with Gasteiger partial charge in [-0.2, -0.15) is 0 Å². The molecular weight excluding hydrogens is 362 g/mol. The van der Waals surface area contributed by atoms with Crippen molar-refractivity contribution in [1.82, 2.24) is 5.32 Å². The summed E-state index contributed by atoms with van der Waals surface area (Å²) < 4.78 is 11.1. The highest BCUT2D eigenvalue weighted by Gasteiger charge is 2.17. The third kappa shape index (κ3) is 5.21. The second kappa shape index (κ2) is 8.87. The molecule has 0 aliphatic carbocycles. The first-order chi connectivity index (χ1) is 11.9. The summed E-state index contributed by atoms with van der Waals surface area (Å²) in [5, 5.41) is 2.88. The predicted octanol–water partition coefficient (Wildman–Crippen LogP) is 4.26. The minimum absolute atomic E-state index is 0.0846. The van der Waals surface area contributed by atoms with Gasteiger partial charge in [0.15, 0.2) is 5.78 Å². The fraction of sp³-hybridized carbons (Fsp3) is 0.333. The van der Waals surface area contributed by atoms with Crippen LogP contribution in [-0.2, 0) is 4.79 Å². The first-order valence-electron chi connectivity index (χ1n) is 7.74. The molecule has 134 valence electrons. The quantitative estimate of drug-likeness (QED) is 0.694. The number of carbonyl (C=O) groups is 2. The monoisotopic (exact) mass is 381 g/mol. The van der Waals surface area contributed by atoms with Crippen LogP contribution in [0.4, 0.5) is 0 Å². The maximum atomic E-state index is 12.2. The van der Waals surface area contributed by atoms with Crippen LogP contribution in [0.3, 0.4) is 0 Å². The Morgan fingerprint density at radius 1 is 1.16 bits per heavy atom. The predicted molar refractivity (Wildman–Crippen MR) is 99.0 cm³/mol. The molecule has 7 heteroatoms. The Morgan fingerprint density at radius 2 is 1.92 bits per heavy atom. The van der Waals surface area contributed by atoms with Gasteiger partial charge in [-0.05, 0) is 37.3 Å². The molecule has 0 radical (unpaired) electrons. The number of nitrogens with one attached hydrogen (secondary N) is 1. The molecule has 0 aliphatic rings. The molecular formula is C18H20ClNO4S. The maximum absolute atomic E-state index is 12.2. The van der Waals surface area contributed by atoms with E-state index in [-0.39, 0.29) is 30.6 Å². The first-order valence-corrected chi connectivity index (χ1v) is 8.94. The standard InChI is InChI=1S/C18H20ClNO4S/c1-11(13-10-12(23-2)4-6-15(13)24-3)20-18(22)9-5-14(21)16-7-8-17(19)25-16/h4,6-8,10-11H,5,9H2,1-3H3,(H,20,22). The second-order valence-electron chi connectivity index (χ2n) is 5.42. The van der Waals surface area contributed by atoms with Crippen LogP contribution in [0.5, 0.6) is 11.5 Å². The highest BCUT2D eigenvalue weighted by atomic mass is 35.5. The van der Waals surface area contributed by atoms with Crippen molar-refractivity contribution in [1.29, 1.82) is 0 Å². The fourth-order valence-electron chi connectivity index (χ4n) is 2.38. The number of thiophene rings is 1. The number of ether oxygens (including phenoxy) is 2. The van der Waals surface area contributed by atoms with Gasteiger partial charge in [-0.3, -0.25) is 9.59 Å². The zero-order valence-corrected chi connectivity index (χ0v) is 15.9. The van der Waals surface area contributed by atoms with Crippen LogP contribution in [0.15, 0.2) is 30.3 Å². The van der Waals surface area contributed by atoms with Crippen molar-refractivity contribution in [2.75, 3.05) is 14.2 Å². The largest absolute Gasteiger partial charge is 0.497 e. The third-order valence-corrected chi connectivity index (χ3v) is 4.98. The lowest BCUT2D eigenvalue weighted by molar-refractivity contribution is -0.121. The molecule has 0 saturated carbocycles. The number of hydrogen-bond acceptors (Lipinski definition) is 5. The Balaban J connectivity index is 1.95. The Bertz CT molecular complexity index is 759. The third-order valence-electron chi connectivity index (χ3n) is 3.71. The van der Waals surface area contributed by atoms with Gasteiger partial charge >= 0.3 is 0 Å². The summed E-state index contributed by atoms with van der Waals surface area (Å²) in [6, 6.07) is 8.49. The smallest absolute Gasteiger partial charge is 0.220 e. The zero-order chi connectivity index (χ0) is 18.4. The van der Waals surface area contributed by atoms with Crippen molar-refractivity contribution in [3.8, 4) is 11.5 Å². The molecule has 1 heterocycles. The van der Waals surface area contributed by atoms with E-state index in [0.717, 1.165) is 5.56 Å². The number of hydrogen-bond donors (Lipinski definition) is 1. The van der Waals surface area contributed by atoms with E-state index < -0.39 is 0 Å². The maximum Gasteiger partial charge on any atom is 0.220 e. The summed E-state index contributed by atoms with van der Waals surface area (Å²) in [4.78, 5) is 24.8. The van der Waals surface area contributed by atoms with Crippen molar-refractivity contribution in [2.24, 2.45) is 0 Å². The lowest BCUT2D eigenvalue weighted by Crippen LogP contribution is -2.27. The van der Waals surface area contributed by atoms with Crippen molar-refractivity contribution in [2.45, 2.75) is 25.8 Å². The molecule has 0 bridgehead atoms. The van der Waals surface area contributed by atoms with Crippen LogP contribution in [-0.4, -0.2) is 25.9 Å². The van der Waals surface area contributed by atoms with E-state index >= 15 is 0 Å². The number of carbonyl (C=O) groups excluding carboxylic acids is 2. The average molecular weight is 382 g/mol. The van der Waals surface area contributed by atoms with Gasteiger partial charge in [-0.25, -0.2) is 0 Å². The summed E-state index contributed by atoms with van der Waals surface area (Å²) in [6.45, 7) is 1.86. The summed E-state index contributed by atoms with van der Waals surface area (Å²) in [6.07, 6.45) is 0.260. The molecule has 0 saturated heterocycles. The van der Waals surface area contributed by atoms with Crippen LogP contribution in [0, 0.1) is 0 Å². The molecule has 1 amide bonds. The van der Waals surface area contributed by atoms with Crippen LogP contribution in [0.25, 0.3) is 0 Å². The molecule has 1 N–H and O–H groups in total. The second-order valence-corrected chi connectivity index (χ2v) is 7.14. The lowest BCUT2D eigenvalue weighted by atomic mass is 10.1. The van der Waals surface area contributed by atoms with E-state index in [1.807, 2.05) is 13.0 Å². The van der Waals surface area contributed by atoms with Crippen LogP contribution in [0.1, 0.15) is 41.0 Å². The van der Waals surface area contributed by atoms with Crippen molar-refractivity contribution in [3.05, 3.63) is 45.1 Å². The molecule has 1 unspecified atom stereocenters. The molecule has 1 aromatic heterocycles. The molecule has 2 aromatic rings. The number of ketones is 1. The first kappa shape index (κ1) is 19.3. The van der Waals surface area contributed by atoms with E-state index in [0.29, 0.717) is 20.7 Å². The minimum atomic E-state index is -0.274. The topological polar surface area (TPSA) is 64.6 Å². The van der Waals surface area contributed by atoms with Gasteiger partial charge in [0.2, 0.25) is 5.91 Å². The van der Waals surface area contributed by atoms with Gasteiger partial charge in [0.05, 0.1) is 29.5 Å². The van der Waals surface area contributed by atoms with Crippen LogP contribution >= 0.6 is 22.9 Å². The van der Waals surface area contributed by atoms with Gasteiger partial charge in [0, 0.05) is 18.4 Å². The molecule has 2 rings (SSSR count). The summed E-state index contributed by atoms with van der Waals surface area (Å²) >= 11 is 7.04. The molecule has 0 aliphatic heterocycles. The van der Waals surface area contributed by atoms with E-state index in [1.165, 1.54) is 11.3 Å². The lowest BCUT2D eigenvalue weighted by Gasteiger charge is -2.18. The van der Waals surface area contributed by atoms with E-state index in [9.17, 15) is 9.59 Å². The van der Waals surface area contributed by atoms with E-state index in [2.05, 4.69) is 5.32 Å². The van der Waals surface area contributed by atoms with Crippen molar-refractivity contribution < 1.29 is 19.1 Å². The highest BCUT2D eigenvalue weighted by molar-refractivity contribution is 7.18. The molecule has 0 spiro atoms. The number of rotatable bonds is 8. The Labute approximate surface area is 155 Å². The van der Waals surface area contributed by atoms with E-state index in [1.54, 1.807) is 38.5 Å². The summed E-state index contributed by atoms with van der Waals surface area (Å²) in [7, 11) is 3.15. The molecule has 1 aromatic carbocycles. The summed E-state index contributed by atoms with van der Waals surface area (Å²) in [5.74, 6) is 1.06. The normalized spacial score (nSPS) is 11.7. The molecule has 5 nitrogen and oxygen atoms in total. The molecule has 0 fully saturated rings. The summed E-state index contributed by atoms with van der Waals surface area (Å²) in [5.41, 5.74) is 0.812. The molecule has 25 heavy (non-hydrogen) atoms. The van der Waals surface area contributed by atoms with Gasteiger partial charge < -0.3 is 14.8 Å². The highest BCUT2D eigenvalue weighted by Crippen LogP contribution is 2.29. The Kier molecular flexibility index (Phi) is 6.84. The Hall–Kier alpha value is -2.05. The number of Topliss-reactive ketones (excluding diaryl/α,β-unsaturated/α-hetero) is 1. The number of amides is 1. The number of halogens is 1.